The van der Waals surface area contributed by atoms with E-state index in [2.05, 4.69) is 26.8 Å². The Morgan fingerprint density at radius 3 is 2.21 bits per heavy atom. The Morgan fingerprint density at radius 1 is 0.947 bits per heavy atom. The van der Waals surface area contributed by atoms with Gasteiger partial charge >= 0.3 is 0 Å². The summed E-state index contributed by atoms with van der Waals surface area (Å²) in [5, 5.41) is 19.0. The second kappa shape index (κ2) is 4.96. The quantitative estimate of drug-likeness (QED) is 0.830. The molecule has 1 unspecified atom stereocenters. The number of hydrogen-bond acceptors (Lipinski definition) is 2. The van der Waals surface area contributed by atoms with E-state index in [-0.39, 0.29) is 17.1 Å². The summed E-state index contributed by atoms with van der Waals surface area (Å²) in [4.78, 5) is 0. The Hall–Kier alpha value is -1.96. The summed E-state index contributed by atoms with van der Waals surface area (Å²) in [6.45, 7) is 6.34. The van der Waals surface area contributed by atoms with Crippen LogP contribution in [0.1, 0.15) is 26.3 Å². The molecule has 0 spiro atoms. The lowest BCUT2D eigenvalue weighted by molar-refractivity contribution is 0.428. The van der Waals surface area contributed by atoms with Gasteiger partial charge in [-0.25, -0.2) is 0 Å². The van der Waals surface area contributed by atoms with E-state index in [0.717, 1.165) is 11.1 Å². The zero-order valence-electron chi connectivity index (χ0n) is 11.6. The molecule has 0 bridgehead atoms. The molecule has 0 saturated heterocycles. The van der Waals surface area contributed by atoms with Crippen LogP contribution in [0.3, 0.4) is 0 Å². The molecular weight excluding hydrogens is 236 g/mol. The van der Waals surface area contributed by atoms with Gasteiger partial charge in [0.2, 0.25) is 0 Å². The first kappa shape index (κ1) is 13.5. The molecule has 0 heterocycles. The SMILES string of the molecule is CC1C=C(O)C=CC(C(C)(C)c2ccc(O)cc2)=C1. The number of hydrogen-bond donors (Lipinski definition) is 2. The molecule has 0 fully saturated rings. The summed E-state index contributed by atoms with van der Waals surface area (Å²) >= 11 is 0. The minimum absolute atomic E-state index is 0.170. The normalized spacial score (nSPS) is 19.6. The van der Waals surface area contributed by atoms with Gasteiger partial charge in [0.15, 0.2) is 0 Å². The minimum atomic E-state index is -0.170. The Bertz CT molecular complexity index is 545. The molecule has 1 aromatic carbocycles. The number of aliphatic hydroxyl groups excluding tert-OH is 1. The summed E-state index contributed by atoms with van der Waals surface area (Å²) in [6, 6.07) is 7.29. The van der Waals surface area contributed by atoms with Gasteiger partial charge in [-0.05, 0) is 41.3 Å². The van der Waals surface area contributed by atoms with Crippen LogP contribution in [0.25, 0.3) is 0 Å². The maximum Gasteiger partial charge on any atom is 0.115 e. The van der Waals surface area contributed by atoms with Crippen LogP contribution in [0.5, 0.6) is 5.75 Å². The number of allylic oxidation sites excluding steroid dienone is 5. The van der Waals surface area contributed by atoms with Crippen LogP contribution in [0.15, 0.2) is 59.9 Å². The summed E-state index contributed by atoms with van der Waals surface area (Å²) in [5.41, 5.74) is 2.12. The molecule has 2 heteroatoms. The Morgan fingerprint density at radius 2 is 1.58 bits per heavy atom. The number of aliphatic hydroxyl groups is 1. The molecule has 100 valence electrons. The number of benzene rings is 1. The maximum atomic E-state index is 9.66. The summed E-state index contributed by atoms with van der Waals surface area (Å²) in [5.74, 6) is 0.777. The molecule has 0 aliphatic heterocycles. The molecular formula is C17H20O2. The van der Waals surface area contributed by atoms with Gasteiger partial charge in [0, 0.05) is 5.41 Å². The second-order valence-corrected chi connectivity index (χ2v) is 5.58. The molecule has 1 aliphatic rings. The molecule has 0 aromatic heterocycles. The van der Waals surface area contributed by atoms with Crippen LogP contribution >= 0.6 is 0 Å². The lowest BCUT2D eigenvalue weighted by Gasteiger charge is -2.27. The highest BCUT2D eigenvalue weighted by Crippen LogP contribution is 2.35. The third kappa shape index (κ3) is 2.90. The fourth-order valence-corrected chi connectivity index (χ4v) is 2.35. The van der Waals surface area contributed by atoms with Gasteiger partial charge in [0.25, 0.3) is 0 Å². The zero-order valence-corrected chi connectivity index (χ0v) is 11.6. The monoisotopic (exact) mass is 256 g/mol. The van der Waals surface area contributed by atoms with Gasteiger partial charge in [0.1, 0.15) is 11.5 Å². The molecule has 2 nitrogen and oxygen atoms in total. The van der Waals surface area contributed by atoms with E-state index in [1.54, 1.807) is 18.2 Å². The first-order valence-electron chi connectivity index (χ1n) is 6.50. The van der Waals surface area contributed by atoms with Crippen molar-refractivity contribution in [2.45, 2.75) is 26.2 Å². The molecule has 1 atom stereocenters. The summed E-state index contributed by atoms with van der Waals surface area (Å²) in [7, 11) is 0. The Labute approximate surface area is 114 Å². The topological polar surface area (TPSA) is 40.5 Å². The highest BCUT2D eigenvalue weighted by molar-refractivity contribution is 5.44. The second-order valence-electron chi connectivity index (χ2n) is 5.58. The average Bonchev–Trinajstić information content (AvgIpc) is 2.51. The van der Waals surface area contributed by atoms with Gasteiger partial charge in [-0.15, -0.1) is 0 Å². The molecule has 1 aliphatic carbocycles. The third-order valence-corrected chi connectivity index (χ3v) is 3.62. The summed E-state index contributed by atoms with van der Waals surface area (Å²) < 4.78 is 0. The van der Waals surface area contributed by atoms with E-state index in [9.17, 15) is 10.2 Å². The molecule has 2 N–H and O–H groups in total. The van der Waals surface area contributed by atoms with E-state index >= 15 is 0 Å². The van der Waals surface area contributed by atoms with Gasteiger partial charge in [-0.2, -0.15) is 0 Å². The van der Waals surface area contributed by atoms with Crippen molar-refractivity contribution >= 4 is 0 Å². The van der Waals surface area contributed by atoms with Crippen molar-refractivity contribution in [3.8, 4) is 5.75 Å². The molecule has 19 heavy (non-hydrogen) atoms. The largest absolute Gasteiger partial charge is 0.508 e. The van der Waals surface area contributed by atoms with Crippen molar-refractivity contribution in [1.82, 2.24) is 0 Å². The van der Waals surface area contributed by atoms with Crippen LogP contribution in [-0.2, 0) is 5.41 Å². The van der Waals surface area contributed by atoms with Crippen LogP contribution in [-0.4, -0.2) is 10.2 Å². The van der Waals surface area contributed by atoms with Gasteiger partial charge in [0.05, 0.1) is 0 Å². The smallest absolute Gasteiger partial charge is 0.115 e. The van der Waals surface area contributed by atoms with Crippen molar-refractivity contribution < 1.29 is 10.2 Å². The van der Waals surface area contributed by atoms with Gasteiger partial charge < -0.3 is 10.2 Å². The lowest BCUT2D eigenvalue weighted by Crippen LogP contribution is -2.19. The van der Waals surface area contributed by atoms with E-state index in [4.69, 9.17) is 0 Å². The van der Waals surface area contributed by atoms with Crippen LogP contribution in [0.4, 0.5) is 0 Å². The van der Waals surface area contributed by atoms with E-state index < -0.39 is 0 Å². The average molecular weight is 256 g/mol. The predicted molar refractivity (Wildman–Crippen MR) is 78.2 cm³/mol. The lowest BCUT2D eigenvalue weighted by atomic mass is 9.76. The number of phenolic OH excluding ortho intramolecular Hbond substituents is 1. The first-order chi connectivity index (χ1) is 8.89. The minimum Gasteiger partial charge on any atom is -0.508 e. The Balaban J connectivity index is 2.39. The zero-order chi connectivity index (χ0) is 14.0. The fourth-order valence-electron chi connectivity index (χ4n) is 2.35. The standard InChI is InChI=1S/C17H20O2/c1-12-10-14(6-9-16(19)11-12)17(2,3)13-4-7-15(18)8-5-13/h4-12,18-19H,1-3H3. The van der Waals surface area contributed by atoms with Crippen molar-refractivity contribution in [2.24, 2.45) is 5.92 Å². The third-order valence-electron chi connectivity index (χ3n) is 3.62. The maximum absolute atomic E-state index is 9.66. The van der Waals surface area contributed by atoms with Gasteiger partial charge in [-0.3, -0.25) is 0 Å². The Kier molecular flexibility index (Phi) is 3.52. The molecule has 2 rings (SSSR count). The summed E-state index contributed by atoms with van der Waals surface area (Å²) in [6.07, 6.45) is 7.68. The van der Waals surface area contributed by atoms with Crippen molar-refractivity contribution in [3.05, 3.63) is 65.5 Å². The van der Waals surface area contributed by atoms with Crippen LogP contribution in [0.2, 0.25) is 0 Å². The van der Waals surface area contributed by atoms with E-state index in [1.165, 1.54) is 0 Å². The number of rotatable bonds is 2. The highest BCUT2D eigenvalue weighted by Gasteiger charge is 2.25. The van der Waals surface area contributed by atoms with Crippen molar-refractivity contribution in [2.75, 3.05) is 0 Å². The first-order valence-corrected chi connectivity index (χ1v) is 6.50. The van der Waals surface area contributed by atoms with Crippen molar-refractivity contribution in [1.29, 1.82) is 0 Å². The molecule has 0 radical (unpaired) electrons. The fraction of sp³-hybridized carbons (Fsp3) is 0.294. The van der Waals surface area contributed by atoms with Crippen LogP contribution < -0.4 is 0 Å². The van der Waals surface area contributed by atoms with E-state index in [1.807, 2.05) is 24.3 Å². The number of phenols is 1. The van der Waals surface area contributed by atoms with Gasteiger partial charge in [-0.1, -0.05) is 45.1 Å². The molecule has 1 aromatic rings. The highest BCUT2D eigenvalue weighted by atomic mass is 16.3. The molecule has 0 amide bonds. The van der Waals surface area contributed by atoms with Crippen molar-refractivity contribution in [3.63, 3.8) is 0 Å². The number of aromatic hydroxyl groups is 1. The molecule has 0 saturated carbocycles. The van der Waals surface area contributed by atoms with E-state index in [0.29, 0.717) is 5.76 Å². The predicted octanol–water partition coefficient (Wildman–Crippen LogP) is 4.24. The van der Waals surface area contributed by atoms with Crippen LogP contribution in [0, 0.1) is 5.92 Å².